The van der Waals surface area contributed by atoms with Crippen LogP contribution in [0.2, 0.25) is 0 Å². The molecule has 0 aliphatic heterocycles. The van der Waals surface area contributed by atoms with Crippen LogP contribution in [-0.2, 0) is 4.79 Å². The van der Waals surface area contributed by atoms with Gasteiger partial charge in [-0.25, -0.2) is 4.39 Å². The maximum Gasteiger partial charge on any atom is 0.238 e. The Morgan fingerprint density at radius 3 is 2.65 bits per heavy atom. The quantitative estimate of drug-likeness (QED) is 0.341. The Morgan fingerprint density at radius 1 is 1.45 bits per heavy atom. The van der Waals surface area contributed by atoms with Crippen LogP contribution in [0.1, 0.15) is 25.7 Å². The van der Waals surface area contributed by atoms with Gasteiger partial charge in [0.05, 0.1) is 5.69 Å². The fourth-order valence-corrected chi connectivity index (χ4v) is 2.97. The van der Waals surface area contributed by atoms with Crippen molar-refractivity contribution >= 4 is 33.4 Å². The van der Waals surface area contributed by atoms with E-state index in [9.17, 15) is 9.18 Å². The third-order valence-electron chi connectivity index (χ3n) is 3.69. The van der Waals surface area contributed by atoms with Gasteiger partial charge in [-0.05, 0) is 40.9 Å². The highest BCUT2D eigenvalue weighted by Gasteiger charge is 2.45. The number of para-hydroxylation sites is 1. The third kappa shape index (κ3) is 2.49. The van der Waals surface area contributed by atoms with Crippen LogP contribution in [0.5, 0.6) is 0 Å². The van der Waals surface area contributed by atoms with Crippen molar-refractivity contribution in [1.29, 1.82) is 0 Å². The van der Waals surface area contributed by atoms with Crippen molar-refractivity contribution < 1.29 is 14.4 Å². The van der Waals surface area contributed by atoms with Gasteiger partial charge < -0.3 is 16.3 Å². The van der Waals surface area contributed by atoms with Crippen LogP contribution in [0.4, 0.5) is 10.1 Å². The normalized spacial score (nSPS) is 18.0. The molecule has 0 saturated heterocycles. The zero-order valence-corrected chi connectivity index (χ0v) is 12.3. The van der Waals surface area contributed by atoms with Crippen LogP contribution in [0.25, 0.3) is 0 Å². The van der Waals surface area contributed by atoms with Crippen molar-refractivity contribution in [3.05, 3.63) is 28.5 Å². The molecule has 0 atom stereocenters. The van der Waals surface area contributed by atoms with E-state index in [0.29, 0.717) is 17.3 Å². The van der Waals surface area contributed by atoms with Gasteiger partial charge in [-0.3, -0.25) is 4.79 Å². The highest BCUT2D eigenvalue weighted by atomic mass is 79.9. The Balaban J connectivity index is 2.31. The van der Waals surface area contributed by atoms with Gasteiger partial charge in [-0.1, -0.05) is 24.1 Å². The van der Waals surface area contributed by atoms with E-state index in [1.54, 1.807) is 6.07 Å². The van der Waals surface area contributed by atoms with Crippen molar-refractivity contribution in [3.8, 4) is 0 Å². The lowest BCUT2D eigenvalue weighted by Crippen LogP contribution is -2.45. The molecule has 4 N–H and O–H groups in total. The number of nitrogens with one attached hydrogen (secondary N) is 1. The average Bonchev–Trinajstić information content (AvgIpc) is 2.92. The first-order valence-corrected chi connectivity index (χ1v) is 7.04. The molecule has 1 saturated carbocycles. The molecule has 1 aromatic rings. The predicted molar refractivity (Wildman–Crippen MR) is 77.0 cm³/mol. The second-order valence-electron chi connectivity index (χ2n) is 4.83. The van der Waals surface area contributed by atoms with Gasteiger partial charge in [-0.2, -0.15) is 0 Å². The lowest BCUT2D eigenvalue weighted by Gasteiger charge is -2.26. The number of amides is 1. The predicted octanol–water partition coefficient (Wildman–Crippen LogP) is 2.83. The summed E-state index contributed by atoms with van der Waals surface area (Å²) in [4.78, 5) is 12.5. The van der Waals surface area contributed by atoms with Gasteiger partial charge in [0.1, 0.15) is 11.2 Å². The first-order valence-electron chi connectivity index (χ1n) is 6.25. The minimum Gasteiger partial charge on any atom is -0.409 e. The van der Waals surface area contributed by atoms with Crippen molar-refractivity contribution in [1.82, 2.24) is 0 Å². The van der Waals surface area contributed by atoms with Gasteiger partial charge in [0, 0.05) is 4.47 Å². The van der Waals surface area contributed by atoms with Gasteiger partial charge in [-0.15, -0.1) is 0 Å². The molecule has 20 heavy (non-hydrogen) atoms. The van der Waals surface area contributed by atoms with Gasteiger partial charge in [0.15, 0.2) is 5.84 Å². The van der Waals surface area contributed by atoms with E-state index in [1.807, 2.05) is 0 Å². The Kier molecular flexibility index (Phi) is 4.27. The number of benzene rings is 1. The summed E-state index contributed by atoms with van der Waals surface area (Å²) in [6, 6.07) is 4.42. The van der Waals surface area contributed by atoms with Crippen molar-refractivity contribution in [3.63, 3.8) is 0 Å². The molecule has 0 bridgehead atoms. The highest BCUT2D eigenvalue weighted by Crippen LogP contribution is 2.40. The number of amidine groups is 1. The lowest BCUT2D eigenvalue weighted by atomic mass is 9.83. The molecule has 2 rings (SSSR count). The molecule has 1 aliphatic rings. The molecular formula is C13H15BrFN3O2. The van der Waals surface area contributed by atoms with Gasteiger partial charge >= 0.3 is 0 Å². The van der Waals surface area contributed by atoms with Gasteiger partial charge in [0.25, 0.3) is 0 Å². The minimum atomic E-state index is -1.06. The first kappa shape index (κ1) is 14.8. The fraction of sp³-hybridized carbons (Fsp3) is 0.385. The SMILES string of the molecule is N/C(=N/O)C1(C(=O)Nc2c(F)cccc2Br)CCCC1. The number of carbonyl (C=O) groups excluding carboxylic acids is 1. The molecule has 0 aromatic heterocycles. The van der Waals surface area contributed by atoms with Crippen LogP contribution in [0.15, 0.2) is 27.8 Å². The van der Waals surface area contributed by atoms with E-state index >= 15 is 0 Å². The minimum absolute atomic E-state index is 0.0644. The zero-order valence-electron chi connectivity index (χ0n) is 10.7. The van der Waals surface area contributed by atoms with Crippen molar-refractivity contribution in [2.75, 3.05) is 5.32 Å². The summed E-state index contributed by atoms with van der Waals surface area (Å²) in [6.07, 6.45) is 2.59. The molecular weight excluding hydrogens is 329 g/mol. The second kappa shape index (κ2) is 5.78. The van der Waals surface area contributed by atoms with Crippen LogP contribution >= 0.6 is 15.9 Å². The summed E-state index contributed by atoms with van der Waals surface area (Å²) in [6.45, 7) is 0. The molecule has 1 fully saturated rings. The number of halogens is 2. The van der Waals surface area contributed by atoms with E-state index in [2.05, 4.69) is 26.4 Å². The number of nitrogens with two attached hydrogens (primary N) is 1. The van der Waals surface area contributed by atoms with Crippen LogP contribution in [0, 0.1) is 11.2 Å². The summed E-state index contributed by atoms with van der Waals surface area (Å²) in [7, 11) is 0. The Hall–Kier alpha value is -1.63. The van der Waals surface area contributed by atoms with Gasteiger partial charge in [0.2, 0.25) is 5.91 Å². The molecule has 7 heteroatoms. The van der Waals surface area contributed by atoms with E-state index in [4.69, 9.17) is 10.9 Å². The van der Waals surface area contributed by atoms with Crippen LogP contribution < -0.4 is 11.1 Å². The largest absolute Gasteiger partial charge is 0.409 e. The van der Waals surface area contributed by atoms with E-state index in [-0.39, 0.29) is 11.5 Å². The number of nitrogens with zero attached hydrogens (tertiary/aromatic N) is 1. The fourth-order valence-electron chi connectivity index (χ4n) is 2.52. The summed E-state index contributed by atoms with van der Waals surface area (Å²) in [5.41, 5.74) is 4.68. The number of carbonyl (C=O) groups is 1. The smallest absolute Gasteiger partial charge is 0.238 e. The Labute approximate surface area is 124 Å². The summed E-state index contributed by atoms with van der Waals surface area (Å²) in [5.74, 6) is -1.11. The maximum absolute atomic E-state index is 13.7. The third-order valence-corrected chi connectivity index (χ3v) is 4.35. The Bertz CT molecular complexity index is 536. The van der Waals surface area contributed by atoms with E-state index in [0.717, 1.165) is 12.8 Å². The zero-order chi connectivity index (χ0) is 14.8. The molecule has 0 radical (unpaired) electrons. The maximum atomic E-state index is 13.7. The molecule has 5 nitrogen and oxygen atoms in total. The first-order chi connectivity index (χ1) is 9.51. The van der Waals surface area contributed by atoms with E-state index in [1.165, 1.54) is 12.1 Å². The molecule has 1 amide bonds. The molecule has 0 spiro atoms. The molecule has 1 aliphatic carbocycles. The Morgan fingerprint density at radius 2 is 2.10 bits per heavy atom. The monoisotopic (exact) mass is 343 g/mol. The highest BCUT2D eigenvalue weighted by molar-refractivity contribution is 9.10. The summed E-state index contributed by atoms with van der Waals surface area (Å²) in [5, 5.41) is 14.4. The average molecular weight is 344 g/mol. The summed E-state index contributed by atoms with van der Waals surface area (Å²) >= 11 is 3.19. The van der Waals surface area contributed by atoms with Crippen molar-refractivity contribution in [2.45, 2.75) is 25.7 Å². The number of anilines is 1. The lowest BCUT2D eigenvalue weighted by molar-refractivity contribution is -0.122. The number of oxime groups is 1. The number of hydrogen-bond acceptors (Lipinski definition) is 3. The van der Waals surface area contributed by atoms with Crippen LogP contribution in [-0.4, -0.2) is 17.0 Å². The van der Waals surface area contributed by atoms with E-state index < -0.39 is 17.1 Å². The molecule has 0 unspecified atom stereocenters. The second-order valence-corrected chi connectivity index (χ2v) is 5.68. The molecule has 0 heterocycles. The summed E-state index contributed by atoms with van der Waals surface area (Å²) < 4.78 is 14.2. The standard InChI is InChI=1S/C13H15BrFN3O2/c14-8-4-3-5-9(15)10(8)17-12(19)13(11(16)18-20)6-1-2-7-13/h3-5,20H,1-2,6-7H2,(H2,16,18)(H,17,19). The topological polar surface area (TPSA) is 87.7 Å². The van der Waals surface area contributed by atoms with Crippen LogP contribution in [0.3, 0.4) is 0 Å². The van der Waals surface area contributed by atoms with Crippen molar-refractivity contribution in [2.24, 2.45) is 16.3 Å². The molecule has 1 aromatic carbocycles. The molecule has 108 valence electrons. The number of hydrogen-bond donors (Lipinski definition) is 3. The number of rotatable bonds is 3.